The maximum absolute atomic E-state index is 11.3. The Morgan fingerprint density at radius 1 is 1.47 bits per heavy atom. The zero-order valence-electron chi connectivity index (χ0n) is 7.95. The van der Waals surface area contributed by atoms with E-state index in [1.807, 2.05) is 0 Å². The monoisotopic (exact) mass is 206 g/mol. The highest BCUT2D eigenvalue weighted by Gasteiger charge is 2.59. The second-order valence-electron chi connectivity index (χ2n) is 2.88. The van der Waals surface area contributed by atoms with Gasteiger partial charge in [-0.1, -0.05) is 6.07 Å². The number of aromatic nitrogens is 1. The predicted molar refractivity (Wildman–Crippen MR) is 47.9 cm³/mol. The second kappa shape index (κ2) is 3.84. The molecular formula is C9H8N3O3+. The van der Waals surface area contributed by atoms with Crippen LogP contribution in [-0.4, -0.2) is 10.7 Å². The van der Waals surface area contributed by atoms with Gasteiger partial charge in [-0.05, 0) is 0 Å². The molecule has 1 aromatic rings. The Kier molecular flexibility index (Phi) is 2.76. The molecule has 0 saturated carbocycles. The summed E-state index contributed by atoms with van der Waals surface area (Å²) in [5.41, 5.74) is -2.36. The van der Waals surface area contributed by atoms with E-state index in [1.54, 1.807) is 6.07 Å². The van der Waals surface area contributed by atoms with Crippen molar-refractivity contribution in [2.45, 2.75) is 12.6 Å². The van der Waals surface area contributed by atoms with Crippen molar-refractivity contribution < 1.29 is 14.3 Å². The van der Waals surface area contributed by atoms with Crippen LogP contribution in [0.3, 0.4) is 0 Å². The number of nitrogens with zero attached hydrogens (tertiary/aromatic N) is 3. The van der Waals surface area contributed by atoms with Gasteiger partial charge in [-0.25, -0.2) is 0 Å². The van der Waals surface area contributed by atoms with E-state index in [4.69, 9.17) is 5.26 Å². The summed E-state index contributed by atoms with van der Waals surface area (Å²) in [7, 11) is 0. The largest absolute Gasteiger partial charge is 0.556 e. The van der Waals surface area contributed by atoms with Gasteiger partial charge in [-0.3, -0.25) is 14.9 Å². The first-order valence-corrected chi connectivity index (χ1v) is 4.09. The quantitative estimate of drug-likeness (QED) is 0.396. The third kappa shape index (κ3) is 1.55. The van der Waals surface area contributed by atoms with Gasteiger partial charge < -0.3 is 0 Å². The molecule has 0 amide bonds. The van der Waals surface area contributed by atoms with E-state index in [0.717, 1.165) is 11.5 Å². The topological polar surface area (TPSA) is 87.9 Å². The van der Waals surface area contributed by atoms with Crippen molar-refractivity contribution in [2.24, 2.45) is 0 Å². The Morgan fingerprint density at radius 2 is 2.00 bits per heavy atom. The SMILES string of the molecule is CC(=O)C(C#N)([N+](=O)[O-])[n+]1ccccc1. The van der Waals surface area contributed by atoms with Crippen LogP contribution in [0.15, 0.2) is 30.6 Å². The fraction of sp³-hybridized carbons (Fsp3) is 0.222. The van der Waals surface area contributed by atoms with Crippen molar-refractivity contribution in [3.8, 4) is 6.07 Å². The molecule has 1 unspecified atom stereocenters. The van der Waals surface area contributed by atoms with Crippen LogP contribution in [0, 0.1) is 21.4 Å². The number of carbonyl (C=O) groups excluding carboxylic acids is 1. The number of pyridine rings is 1. The molecule has 0 fully saturated rings. The minimum absolute atomic E-state index is 0.828. The first kappa shape index (κ1) is 10.8. The van der Waals surface area contributed by atoms with Gasteiger partial charge in [0.25, 0.3) is 5.78 Å². The van der Waals surface area contributed by atoms with Gasteiger partial charge in [0.15, 0.2) is 12.4 Å². The lowest BCUT2D eigenvalue weighted by atomic mass is 10.1. The first-order valence-electron chi connectivity index (χ1n) is 4.09. The molecule has 0 N–H and O–H groups in total. The number of carbonyl (C=O) groups is 1. The highest BCUT2D eigenvalue weighted by atomic mass is 16.6. The maximum Gasteiger partial charge on any atom is 0.556 e. The zero-order valence-corrected chi connectivity index (χ0v) is 7.95. The molecule has 0 aliphatic carbocycles. The molecule has 0 aliphatic heterocycles. The molecule has 6 nitrogen and oxygen atoms in total. The van der Waals surface area contributed by atoms with Crippen molar-refractivity contribution >= 4 is 5.78 Å². The third-order valence-electron chi connectivity index (χ3n) is 2.00. The van der Waals surface area contributed by atoms with Crippen LogP contribution in [0.2, 0.25) is 0 Å². The summed E-state index contributed by atoms with van der Waals surface area (Å²) in [6, 6.07) is 6.11. The van der Waals surface area contributed by atoms with Gasteiger partial charge in [0, 0.05) is 19.1 Å². The van der Waals surface area contributed by atoms with Crippen LogP contribution in [0.4, 0.5) is 0 Å². The Balaban J connectivity index is 3.44. The van der Waals surface area contributed by atoms with Gasteiger partial charge in [0.2, 0.25) is 6.07 Å². The van der Waals surface area contributed by atoms with Gasteiger partial charge >= 0.3 is 5.66 Å². The molecule has 1 atom stereocenters. The number of ketones is 1. The lowest BCUT2D eigenvalue weighted by molar-refractivity contribution is -0.886. The van der Waals surface area contributed by atoms with E-state index in [9.17, 15) is 14.9 Å². The number of nitro groups is 1. The van der Waals surface area contributed by atoms with E-state index in [1.165, 1.54) is 30.6 Å². The minimum Gasteiger partial charge on any atom is -0.282 e. The van der Waals surface area contributed by atoms with Crippen LogP contribution in [0.1, 0.15) is 6.92 Å². The molecule has 1 rings (SSSR count). The molecule has 0 saturated heterocycles. The van der Waals surface area contributed by atoms with E-state index in [0.29, 0.717) is 0 Å². The van der Waals surface area contributed by atoms with E-state index >= 15 is 0 Å². The summed E-state index contributed by atoms with van der Waals surface area (Å²) >= 11 is 0. The Labute approximate surface area is 85.5 Å². The molecule has 1 aromatic heterocycles. The molecular weight excluding hydrogens is 198 g/mol. The fourth-order valence-corrected chi connectivity index (χ4v) is 1.20. The van der Waals surface area contributed by atoms with Crippen LogP contribution >= 0.6 is 0 Å². The van der Waals surface area contributed by atoms with Crippen molar-refractivity contribution in [3.63, 3.8) is 0 Å². The Hall–Kier alpha value is -2.29. The van der Waals surface area contributed by atoms with Crippen LogP contribution < -0.4 is 4.57 Å². The van der Waals surface area contributed by atoms with Gasteiger partial charge in [0.1, 0.15) is 4.92 Å². The van der Waals surface area contributed by atoms with Gasteiger partial charge in [-0.2, -0.15) is 5.26 Å². The summed E-state index contributed by atoms with van der Waals surface area (Å²) in [6.45, 7) is 1.02. The first-order chi connectivity index (χ1) is 7.05. The van der Waals surface area contributed by atoms with Crippen molar-refractivity contribution in [1.29, 1.82) is 5.26 Å². The lowest BCUT2D eigenvalue weighted by Crippen LogP contribution is -2.64. The van der Waals surface area contributed by atoms with Crippen molar-refractivity contribution in [3.05, 3.63) is 40.7 Å². The molecule has 76 valence electrons. The highest BCUT2D eigenvalue weighted by molar-refractivity contribution is 5.83. The summed E-state index contributed by atoms with van der Waals surface area (Å²) in [4.78, 5) is 21.2. The summed E-state index contributed by atoms with van der Waals surface area (Å²) in [6.07, 6.45) is 2.63. The molecule has 6 heteroatoms. The number of hydrogen-bond donors (Lipinski definition) is 0. The average molecular weight is 206 g/mol. The van der Waals surface area contributed by atoms with E-state index < -0.39 is 16.4 Å². The molecule has 0 spiro atoms. The molecule has 15 heavy (non-hydrogen) atoms. The third-order valence-corrected chi connectivity index (χ3v) is 2.00. The van der Waals surface area contributed by atoms with Gasteiger partial charge in [0.05, 0.1) is 0 Å². The standard InChI is InChI=1S/C9H8N3O3/c1-8(13)9(7-10,12(14)15)11-5-3-2-4-6-11/h2-6H,1H3/q+1. The zero-order chi connectivity index (χ0) is 11.5. The maximum atomic E-state index is 11.3. The highest BCUT2D eigenvalue weighted by Crippen LogP contribution is 2.09. The van der Waals surface area contributed by atoms with E-state index in [-0.39, 0.29) is 0 Å². The summed E-state index contributed by atoms with van der Waals surface area (Å²) in [5.74, 6) is -0.828. The molecule has 1 heterocycles. The Morgan fingerprint density at radius 3 is 2.33 bits per heavy atom. The van der Waals surface area contributed by atoms with E-state index in [2.05, 4.69) is 0 Å². The molecule has 0 aromatic carbocycles. The predicted octanol–water partition coefficient (Wildman–Crippen LogP) is 0.0162. The summed E-state index contributed by atoms with van der Waals surface area (Å²) in [5, 5.41) is 19.7. The summed E-state index contributed by atoms with van der Waals surface area (Å²) < 4.78 is 0.981. The minimum atomic E-state index is -2.36. The fourth-order valence-electron chi connectivity index (χ4n) is 1.20. The molecule has 0 aliphatic rings. The van der Waals surface area contributed by atoms with Crippen molar-refractivity contribution in [2.75, 3.05) is 0 Å². The Bertz CT molecular complexity index is 422. The van der Waals surface area contributed by atoms with Crippen LogP contribution in [0.5, 0.6) is 0 Å². The lowest BCUT2D eigenvalue weighted by Gasteiger charge is -2.08. The van der Waals surface area contributed by atoms with Crippen LogP contribution in [-0.2, 0) is 10.5 Å². The number of hydrogen-bond acceptors (Lipinski definition) is 4. The van der Waals surface area contributed by atoms with Crippen molar-refractivity contribution in [1.82, 2.24) is 0 Å². The van der Waals surface area contributed by atoms with Crippen LogP contribution in [0.25, 0.3) is 0 Å². The second-order valence-corrected chi connectivity index (χ2v) is 2.88. The normalized spacial score (nSPS) is 13.6. The number of rotatable bonds is 3. The number of nitriles is 1. The average Bonchev–Trinajstić information content (AvgIpc) is 2.20. The van der Waals surface area contributed by atoms with Gasteiger partial charge in [-0.15, -0.1) is 4.57 Å². The smallest absolute Gasteiger partial charge is 0.282 e. The molecule has 0 bridgehead atoms. The number of Topliss-reactive ketones (excluding diaryl/α,β-unsaturated/α-hetero) is 1. The molecule has 0 radical (unpaired) electrons.